The van der Waals surface area contributed by atoms with E-state index in [1.54, 1.807) is 37.3 Å². The van der Waals surface area contributed by atoms with Crippen molar-refractivity contribution in [3.8, 4) is 11.5 Å². The molecule has 5 nitrogen and oxygen atoms in total. The topological polar surface area (TPSA) is 54.0 Å². The van der Waals surface area contributed by atoms with Crippen LogP contribution in [0.25, 0.3) is 0 Å². The van der Waals surface area contributed by atoms with E-state index in [4.69, 9.17) is 42.1 Å². The third-order valence-electron chi connectivity index (χ3n) is 4.05. The molecule has 0 aliphatic heterocycles. The minimum absolute atomic E-state index is 0.129. The molecule has 2 atom stereocenters. The van der Waals surface area contributed by atoms with E-state index >= 15 is 0 Å². The summed E-state index contributed by atoms with van der Waals surface area (Å²) in [6, 6.07) is 11.8. The quantitative estimate of drug-likeness (QED) is 0.371. The zero-order valence-electron chi connectivity index (χ0n) is 17.8. The lowest BCUT2D eigenvalue weighted by Crippen LogP contribution is -2.31. The summed E-state index contributed by atoms with van der Waals surface area (Å²) in [5, 5.41) is 0.787. The second kappa shape index (κ2) is 12.7. The second-order valence-corrected chi connectivity index (χ2v) is 7.91. The molecule has 0 heterocycles. The highest BCUT2D eigenvalue weighted by molar-refractivity contribution is 6.35. The molecule has 31 heavy (non-hydrogen) atoms. The summed E-state index contributed by atoms with van der Waals surface area (Å²) in [5.74, 6) is 0.423. The first-order valence-electron chi connectivity index (χ1n) is 10.0. The maximum Gasteiger partial charge on any atom is 0.335 e. The summed E-state index contributed by atoms with van der Waals surface area (Å²) in [7, 11) is 0. The van der Waals surface area contributed by atoms with Crippen molar-refractivity contribution < 1.29 is 28.1 Å². The molecule has 0 saturated carbocycles. The van der Waals surface area contributed by atoms with Crippen molar-refractivity contribution in [2.45, 2.75) is 45.6 Å². The van der Waals surface area contributed by atoms with Crippen molar-refractivity contribution in [2.75, 3.05) is 19.8 Å². The Balaban J connectivity index is 1.89. The van der Waals surface area contributed by atoms with Crippen molar-refractivity contribution in [1.29, 1.82) is 0 Å². The summed E-state index contributed by atoms with van der Waals surface area (Å²) < 4.78 is 35.9. The standard InChI is InChI=1S/C23H27Cl2FO5/c1-4-28-23(27)22(31-15(2)3)11-16-6-5-7-19(10-16)29-13-18(26)14-30-21-9-8-17(24)12-20(21)25/h5-10,12,15,18,22H,4,11,13-14H2,1-3H3/t18-,22+/m1/s1. The summed E-state index contributed by atoms with van der Waals surface area (Å²) in [5.41, 5.74) is 0.816. The fourth-order valence-corrected chi connectivity index (χ4v) is 3.20. The van der Waals surface area contributed by atoms with Crippen LogP contribution in [0.5, 0.6) is 11.5 Å². The predicted octanol–water partition coefficient (Wildman–Crippen LogP) is 5.69. The smallest absolute Gasteiger partial charge is 0.335 e. The maximum atomic E-state index is 14.2. The van der Waals surface area contributed by atoms with Gasteiger partial charge in [0, 0.05) is 11.4 Å². The van der Waals surface area contributed by atoms with Gasteiger partial charge >= 0.3 is 5.97 Å². The average Bonchev–Trinajstić information content (AvgIpc) is 2.71. The van der Waals surface area contributed by atoms with Gasteiger partial charge < -0.3 is 18.9 Å². The lowest BCUT2D eigenvalue weighted by molar-refractivity contribution is -0.159. The molecule has 0 aliphatic carbocycles. The molecule has 0 saturated heterocycles. The molecule has 170 valence electrons. The molecule has 0 radical (unpaired) electrons. The minimum atomic E-state index is -1.37. The third-order valence-corrected chi connectivity index (χ3v) is 4.58. The van der Waals surface area contributed by atoms with E-state index in [1.807, 2.05) is 19.9 Å². The van der Waals surface area contributed by atoms with Gasteiger partial charge in [-0.25, -0.2) is 9.18 Å². The van der Waals surface area contributed by atoms with Crippen LogP contribution in [-0.4, -0.2) is 44.2 Å². The van der Waals surface area contributed by atoms with Crippen LogP contribution >= 0.6 is 23.2 Å². The molecule has 0 aromatic heterocycles. The van der Waals surface area contributed by atoms with Crippen LogP contribution in [0.1, 0.15) is 26.3 Å². The molecule has 2 aromatic rings. The first-order valence-corrected chi connectivity index (χ1v) is 10.8. The van der Waals surface area contributed by atoms with Crippen LogP contribution in [-0.2, 0) is 20.7 Å². The number of hydrogen-bond donors (Lipinski definition) is 0. The monoisotopic (exact) mass is 472 g/mol. The minimum Gasteiger partial charge on any atom is -0.490 e. The Morgan fingerprint density at radius 3 is 2.48 bits per heavy atom. The number of carbonyl (C=O) groups excluding carboxylic acids is 1. The fraction of sp³-hybridized carbons (Fsp3) is 0.435. The van der Waals surface area contributed by atoms with Gasteiger partial charge in [-0.3, -0.25) is 0 Å². The summed E-state index contributed by atoms with van der Waals surface area (Å²) in [6.45, 7) is 5.32. The van der Waals surface area contributed by atoms with Crippen LogP contribution in [0.15, 0.2) is 42.5 Å². The first kappa shape index (κ1) is 25.2. The highest BCUT2D eigenvalue weighted by Gasteiger charge is 2.22. The molecule has 0 unspecified atom stereocenters. The second-order valence-electron chi connectivity index (χ2n) is 7.07. The summed E-state index contributed by atoms with van der Waals surface area (Å²) in [6.07, 6.45) is -1.89. The van der Waals surface area contributed by atoms with Gasteiger partial charge in [0.05, 0.1) is 17.7 Å². The number of hydrogen-bond acceptors (Lipinski definition) is 5. The van der Waals surface area contributed by atoms with Crippen LogP contribution in [0.3, 0.4) is 0 Å². The number of carbonyl (C=O) groups is 1. The van der Waals surface area contributed by atoms with Gasteiger partial charge in [-0.2, -0.15) is 0 Å². The van der Waals surface area contributed by atoms with Gasteiger partial charge in [0.2, 0.25) is 0 Å². The molecule has 0 aliphatic rings. The number of alkyl halides is 1. The lowest BCUT2D eigenvalue weighted by atomic mass is 10.1. The van der Waals surface area contributed by atoms with Crippen molar-refractivity contribution in [3.63, 3.8) is 0 Å². The number of ether oxygens (including phenoxy) is 4. The Hall–Kier alpha value is -2.02. The highest BCUT2D eigenvalue weighted by atomic mass is 35.5. The lowest BCUT2D eigenvalue weighted by Gasteiger charge is -2.19. The van der Waals surface area contributed by atoms with Crippen LogP contribution in [0.2, 0.25) is 10.0 Å². The van der Waals surface area contributed by atoms with E-state index in [-0.39, 0.29) is 25.9 Å². The van der Waals surface area contributed by atoms with E-state index in [9.17, 15) is 9.18 Å². The third kappa shape index (κ3) is 8.93. The van der Waals surface area contributed by atoms with Gasteiger partial charge in [0.15, 0.2) is 12.3 Å². The fourth-order valence-electron chi connectivity index (χ4n) is 2.73. The first-order chi connectivity index (χ1) is 14.8. The average molecular weight is 473 g/mol. The van der Waals surface area contributed by atoms with Crippen molar-refractivity contribution in [3.05, 3.63) is 58.1 Å². The number of halogens is 3. The van der Waals surface area contributed by atoms with Crippen LogP contribution < -0.4 is 9.47 Å². The molecule has 0 bridgehead atoms. The van der Waals surface area contributed by atoms with Gasteiger partial charge in [0.25, 0.3) is 0 Å². The molecule has 0 fully saturated rings. The maximum absolute atomic E-state index is 14.2. The van der Waals surface area contributed by atoms with E-state index in [2.05, 4.69) is 0 Å². The Bertz CT molecular complexity index is 846. The van der Waals surface area contributed by atoms with Gasteiger partial charge in [-0.1, -0.05) is 35.3 Å². The van der Waals surface area contributed by atoms with Gasteiger partial charge in [0.1, 0.15) is 24.7 Å². The predicted molar refractivity (Wildman–Crippen MR) is 119 cm³/mol. The Morgan fingerprint density at radius 2 is 1.81 bits per heavy atom. The normalized spacial score (nSPS) is 13.0. The summed E-state index contributed by atoms with van der Waals surface area (Å²) in [4.78, 5) is 12.2. The molecule has 0 amide bonds. The molecular weight excluding hydrogens is 446 g/mol. The Morgan fingerprint density at radius 1 is 1.06 bits per heavy atom. The zero-order chi connectivity index (χ0) is 22.8. The molecule has 0 spiro atoms. The zero-order valence-corrected chi connectivity index (χ0v) is 19.3. The van der Waals surface area contributed by atoms with Crippen molar-refractivity contribution >= 4 is 29.2 Å². The number of esters is 1. The van der Waals surface area contributed by atoms with Crippen LogP contribution in [0.4, 0.5) is 4.39 Å². The molecular formula is C23H27Cl2FO5. The SMILES string of the molecule is CCOC(=O)[C@H](Cc1cccc(OC[C@@H](F)COc2ccc(Cl)cc2Cl)c1)OC(C)C. The molecule has 0 N–H and O–H groups in total. The largest absolute Gasteiger partial charge is 0.490 e. The van der Waals surface area contributed by atoms with E-state index < -0.39 is 18.2 Å². The van der Waals surface area contributed by atoms with Gasteiger partial charge in [-0.15, -0.1) is 0 Å². The number of rotatable bonds is 12. The number of benzene rings is 2. The van der Waals surface area contributed by atoms with E-state index in [1.165, 1.54) is 6.07 Å². The van der Waals surface area contributed by atoms with Crippen LogP contribution in [0, 0.1) is 0 Å². The van der Waals surface area contributed by atoms with Crippen molar-refractivity contribution in [2.24, 2.45) is 0 Å². The highest BCUT2D eigenvalue weighted by Crippen LogP contribution is 2.27. The molecule has 2 rings (SSSR count). The Kier molecular flexibility index (Phi) is 10.4. The molecule has 8 heteroatoms. The molecule has 2 aromatic carbocycles. The summed E-state index contributed by atoms with van der Waals surface area (Å²) >= 11 is 11.8. The Labute approximate surface area is 192 Å². The van der Waals surface area contributed by atoms with Crippen molar-refractivity contribution in [1.82, 2.24) is 0 Å². The van der Waals surface area contributed by atoms with Gasteiger partial charge in [-0.05, 0) is 56.7 Å². The van der Waals surface area contributed by atoms with E-state index in [0.717, 1.165) is 5.56 Å². The van der Waals surface area contributed by atoms with E-state index in [0.29, 0.717) is 28.0 Å².